The maximum absolute atomic E-state index is 11.1. The van der Waals surface area contributed by atoms with Gasteiger partial charge in [-0.2, -0.15) is 0 Å². The molecule has 1 fully saturated rings. The average molecular weight is 254 g/mol. The Morgan fingerprint density at radius 3 is 2.60 bits per heavy atom. The van der Waals surface area contributed by atoms with Crippen LogP contribution in [0, 0.1) is 5.41 Å². The van der Waals surface area contributed by atoms with Crippen LogP contribution in [0.3, 0.4) is 0 Å². The molecule has 0 aliphatic heterocycles. The highest BCUT2D eigenvalue weighted by atomic mass is 127. The largest absolute Gasteiger partial charge is 0.455 e. The SMILES string of the molecule is CCC1(C(=O)OCI)CC1. The molecule has 0 aromatic carbocycles. The minimum absolute atomic E-state index is 0.00407. The molecule has 1 aliphatic carbocycles. The highest BCUT2D eigenvalue weighted by molar-refractivity contribution is 14.1. The van der Waals surface area contributed by atoms with Crippen LogP contribution in [-0.4, -0.2) is 10.6 Å². The van der Waals surface area contributed by atoms with E-state index in [0.29, 0.717) is 4.61 Å². The molecule has 1 saturated carbocycles. The third-order valence-corrected chi connectivity index (χ3v) is 2.46. The quantitative estimate of drug-likeness (QED) is 0.438. The summed E-state index contributed by atoms with van der Waals surface area (Å²) >= 11 is 2.04. The Hall–Kier alpha value is 0.200. The van der Waals surface area contributed by atoms with Gasteiger partial charge in [-0.15, -0.1) is 0 Å². The lowest BCUT2D eigenvalue weighted by atomic mass is 10.1. The number of esters is 1. The zero-order valence-electron chi connectivity index (χ0n) is 6.02. The van der Waals surface area contributed by atoms with Crippen molar-refractivity contribution >= 4 is 28.6 Å². The summed E-state index contributed by atoms with van der Waals surface area (Å²) in [6.45, 7) is 2.04. The summed E-state index contributed by atoms with van der Waals surface area (Å²) in [6.07, 6.45) is 2.99. The molecule has 0 bridgehead atoms. The first kappa shape index (κ1) is 8.30. The number of hydrogen-bond donors (Lipinski definition) is 0. The van der Waals surface area contributed by atoms with Gasteiger partial charge in [-0.3, -0.25) is 4.79 Å². The van der Waals surface area contributed by atoms with Crippen LogP contribution in [0.1, 0.15) is 26.2 Å². The first-order valence-electron chi connectivity index (χ1n) is 3.48. The van der Waals surface area contributed by atoms with E-state index in [1.54, 1.807) is 0 Å². The van der Waals surface area contributed by atoms with Crippen molar-refractivity contribution in [2.75, 3.05) is 4.61 Å². The predicted octanol–water partition coefficient (Wildman–Crippen LogP) is 2.11. The van der Waals surface area contributed by atoms with Crippen LogP contribution in [0.2, 0.25) is 0 Å². The topological polar surface area (TPSA) is 26.3 Å². The predicted molar refractivity (Wildman–Crippen MR) is 46.9 cm³/mol. The van der Waals surface area contributed by atoms with Crippen LogP contribution in [0.25, 0.3) is 0 Å². The van der Waals surface area contributed by atoms with Gasteiger partial charge >= 0.3 is 5.97 Å². The second kappa shape index (κ2) is 3.07. The fraction of sp³-hybridized carbons (Fsp3) is 0.857. The molecule has 0 aromatic rings. The summed E-state index contributed by atoms with van der Waals surface area (Å²) in [5, 5.41) is 0. The van der Waals surface area contributed by atoms with Crippen molar-refractivity contribution in [2.45, 2.75) is 26.2 Å². The molecule has 58 valence electrons. The fourth-order valence-corrected chi connectivity index (χ4v) is 1.34. The van der Waals surface area contributed by atoms with Crippen molar-refractivity contribution in [3.8, 4) is 0 Å². The van der Waals surface area contributed by atoms with Crippen LogP contribution < -0.4 is 0 Å². The molecule has 0 saturated heterocycles. The molecule has 3 heteroatoms. The lowest BCUT2D eigenvalue weighted by Gasteiger charge is -2.08. The van der Waals surface area contributed by atoms with E-state index in [9.17, 15) is 4.79 Å². The zero-order valence-corrected chi connectivity index (χ0v) is 8.18. The van der Waals surface area contributed by atoms with Crippen LogP contribution in [0.15, 0.2) is 0 Å². The molecule has 10 heavy (non-hydrogen) atoms. The number of carbonyl (C=O) groups is 1. The molecule has 0 unspecified atom stereocenters. The standard InChI is InChI=1S/C7H11IO2/c1-2-7(3-4-7)6(9)10-5-8/h2-5H2,1H3. The van der Waals surface area contributed by atoms with Crippen LogP contribution >= 0.6 is 22.6 Å². The number of alkyl halides is 1. The Kier molecular flexibility index (Phi) is 2.55. The van der Waals surface area contributed by atoms with Gasteiger partial charge in [0, 0.05) is 0 Å². The van der Waals surface area contributed by atoms with E-state index in [4.69, 9.17) is 4.74 Å². The van der Waals surface area contributed by atoms with Crippen molar-refractivity contribution in [1.82, 2.24) is 0 Å². The molecule has 1 rings (SSSR count). The fourth-order valence-electron chi connectivity index (χ4n) is 1.06. The molecule has 0 radical (unpaired) electrons. The molecule has 2 nitrogen and oxygen atoms in total. The average Bonchev–Trinajstić information content (AvgIpc) is 2.68. The van der Waals surface area contributed by atoms with Gasteiger partial charge < -0.3 is 4.74 Å². The highest BCUT2D eigenvalue weighted by Crippen LogP contribution is 2.49. The number of hydrogen-bond acceptors (Lipinski definition) is 2. The second-order valence-corrected chi connectivity index (χ2v) is 3.30. The summed E-state index contributed by atoms with van der Waals surface area (Å²) in [5.74, 6) is 0.00407. The lowest BCUT2D eigenvalue weighted by molar-refractivity contribution is -0.147. The van der Waals surface area contributed by atoms with Gasteiger partial charge in [-0.25, -0.2) is 0 Å². The summed E-state index contributed by atoms with van der Waals surface area (Å²) in [7, 11) is 0. The van der Waals surface area contributed by atoms with E-state index < -0.39 is 0 Å². The minimum atomic E-state index is -0.0643. The smallest absolute Gasteiger partial charge is 0.312 e. The van der Waals surface area contributed by atoms with E-state index in [2.05, 4.69) is 0 Å². The van der Waals surface area contributed by atoms with Gasteiger partial charge in [0.05, 0.1) is 5.41 Å². The molecule has 0 spiro atoms. The first-order valence-corrected chi connectivity index (χ1v) is 5.01. The molecule has 0 aromatic heterocycles. The third-order valence-electron chi connectivity index (χ3n) is 2.15. The summed E-state index contributed by atoms with van der Waals surface area (Å²) in [5.41, 5.74) is -0.0643. The number of ether oxygens (including phenoxy) is 1. The van der Waals surface area contributed by atoms with Crippen LogP contribution in [0.4, 0.5) is 0 Å². The van der Waals surface area contributed by atoms with Gasteiger partial charge in [-0.1, -0.05) is 6.92 Å². The van der Waals surface area contributed by atoms with E-state index in [-0.39, 0.29) is 11.4 Å². The molecular weight excluding hydrogens is 243 g/mol. The molecule has 1 aliphatic rings. The Bertz CT molecular complexity index is 141. The van der Waals surface area contributed by atoms with E-state index in [1.165, 1.54) is 0 Å². The van der Waals surface area contributed by atoms with Gasteiger partial charge in [0.1, 0.15) is 4.61 Å². The normalized spacial score (nSPS) is 20.2. The van der Waals surface area contributed by atoms with Crippen molar-refractivity contribution < 1.29 is 9.53 Å². The third kappa shape index (κ3) is 1.44. The zero-order chi connectivity index (χ0) is 7.61. The Labute approximate surface area is 74.5 Å². The number of halogens is 1. The van der Waals surface area contributed by atoms with Gasteiger partial charge in [-0.05, 0) is 41.9 Å². The molecule has 0 atom stereocenters. The maximum Gasteiger partial charge on any atom is 0.312 e. The van der Waals surface area contributed by atoms with Gasteiger partial charge in [0.2, 0.25) is 0 Å². The van der Waals surface area contributed by atoms with Crippen LogP contribution in [0.5, 0.6) is 0 Å². The Morgan fingerprint density at radius 2 is 2.30 bits per heavy atom. The first-order chi connectivity index (χ1) is 4.75. The molecule has 0 amide bonds. The number of carbonyl (C=O) groups excluding carboxylic acids is 1. The number of rotatable bonds is 3. The van der Waals surface area contributed by atoms with Crippen molar-refractivity contribution in [3.05, 3.63) is 0 Å². The second-order valence-electron chi connectivity index (χ2n) is 2.67. The Balaban J connectivity index is 2.40. The minimum Gasteiger partial charge on any atom is -0.455 e. The monoisotopic (exact) mass is 254 g/mol. The van der Waals surface area contributed by atoms with Crippen LogP contribution in [-0.2, 0) is 9.53 Å². The van der Waals surface area contributed by atoms with E-state index in [1.807, 2.05) is 29.5 Å². The summed E-state index contributed by atoms with van der Waals surface area (Å²) < 4.78 is 5.39. The lowest BCUT2D eigenvalue weighted by Crippen LogP contribution is -2.17. The van der Waals surface area contributed by atoms with E-state index >= 15 is 0 Å². The van der Waals surface area contributed by atoms with Gasteiger partial charge in [0.25, 0.3) is 0 Å². The summed E-state index contributed by atoms with van der Waals surface area (Å²) in [6, 6.07) is 0. The molecular formula is C7H11IO2. The maximum atomic E-state index is 11.1. The molecule has 0 N–H and O–H groups in total. The van der Waals surface area contributed by atoms with Gasteiger partial charge in [0.15, 0.2) is 0 Å². The van der Waals surface area contributed by atoms with Crippen molar-refractivity contribution in [2.24, 2.45) is 5.41 Å². The highest BCUT2D eigenvalue weighted by Gasteiger charge is 2.49. The van der Waals surface area contributed by atoms with Crippen molar-refractivity contribution in [3.63, 3.8) is 0 Å². The van der Waals surface area contributed by atoms with E-state index in [0.717, 1.165) is 19.3 Å². The Morgan fingerprint density at radius 1 is 1.70 bits per heavy atom. The molecule has 0 heterocycles. The van der Waals surface area contributed by atoms with Crippen molar-refractivity contribution in [1.29, 1.82) is 0 Å². The summed E-state index contributed by atoms with van der Waals surface area (Å²) in [4.78, 5) is 11.1.